The number of methoxy groups -OCH3 is 1. The molecule has 0 aliphatic rings. The van der Waals surface area contributed by atoms with Crippen molar-refractivity contribution in [2.45, 2.75) is 25.7 Å². The molecule has 0 fully saturated rings. The summed E-state index contributed by atoms with van der Waals surface area (Å²) in [7, 11) is 1.55. The average molecular weight is 315 g/mol. The molecule has 0 saturated heterocycles. The van der Waals surface area contributed by atoms with Crippen LogP contribution in [0, 0.1) is 0 Å². The summed E-state index contributed by atoms with van der Waals surface area (Å²) in [4.78, 5) is 0. The van der Waals surface area contributed by atoms with Crippen LogP contribution in [0.1, 0.15) is 30.4 Å². The van der Waals surface area contributed by atoms with E-state index in [1.165, 1.54) is 0 Å². The van der Waals surface area contributed by atoms with Gasteiger partial charge in [0.15, 0.2) is 11.5 Å². The van der Waals surface area contributed by atoms with Gasteiger partial charge >= 0.3 is 0 Å². The van der Waals surface area contributed by atoms with Crippen LogP contribution in [0.15, 0.2) is 42.5 Å². The summed E-state index contributed by atoms with van der Waals surface area (Å²) in [5.74, 6) is 1.70. The molecule has 2 rings (SSSR count). The molecule has 23 heavy (non-hydrogen) atoms. The van der Waals surface area contributed by atoms with Crippen LogP contribution in [-0.2, 0) is 6.42 Å². The lowest BCUT2D eigenvalue weighted by Gasteiger charge is -2.17. The van der Waals surface area contributed by atoms with Gasteiger partial charge in [0, 0.05) is 5.92 Å². The van der Waals surface area contributed by atoms with Crippen molar-refractivity contribution in [2.75, 3.05) is 20.3 Å². The molecule has 3 N–H and O–H groups in total. The van der Waals surface area contributed by atoms with E-state index >= 15 is 0 Å². The number of nitrogens with two attached hydrogens (primary N) is 1. The van der Waals surface area contributed by atoms with Gasteiger partial charge in [0.05, 0.1) is 13.7 Å². The molecule has 0 amide bonds. The van der Waals surface area contributed by atoms with Crippen LogP contribution < -0.4 is 15.2 Å². The molecule has 2 aromatic rings. The maximum absolute atomic E-state index is 9.70. The lowest BCUT2D eigenvalue weighted by molar-refractivity contribution is 0.317. The second kappa shape index (κ2) is 8.44. The summed E-state index contributed by atoms with van der Waals surface area (Å²) in [6.07, 6.45) is 1.77. The van der Waals surface area contributed by atoms with Crippen molar-refractivity contribution in [3.05, 3.63) is 53.6 Å². The van der Waals surface area contributed by atoms with E-state index < -0.39 is 0 Å². The van der Waals surface area contributed by atoms with Gasteiger partial charge in [0.25, 0.3) is 0 Å². The van der Waals surface area contributed by atoms with Gasteiger partial charge in [-0.25, -0.2) is 0 Å². The van der Waals surface area contributed by atoms with E-state index in [1.54, 1.807) is 13.2 Å². The van der Waals surface area contributed by atoms with Crippen LogP contribution in [0.3, 0.4) is 0 Å². The van der Waals surface area contributed by atoms with Gasteiger partial charge in [-0.15, -0.1) is 0 Å². The number of hydrogen-bond acceptors (Lipinski definition) is 4. The molecule has 0 aromatic heterocycles. The molecule has 0 radical (unpaired) electrons. The summed E-state index contributed by atoms with van der Waals surface area (Å²) in [5.41, 5.74) is 8.22. The number of rotatable bonds is 8. The lowest BCUT2D eigenvalue weighted by Crippen LogP contribution is -2.15. The smallest absolute Gasteiger partial charge is 0.160 e. The summed E-state index contributed by atoms with van der Waals surface area (Å²) >= 11 is 0. The molecule has 0 spiro atoms. The van der Waals surface area contributed by atoms with E-state index in [0.717, 1.165) is 29.7 Å². The van der Waals surface area contributed by atoms with Crippen LogP contribution in [-0.4, -0.2) is 25.4 Å². The first-order valence-electron chi connectivity index (χ1n) is 7.96. The third-order valence-corrected chi connectivity index (χ3v) is 3.81. The standard InChI is InChI=1S/C19H25NO3/c1-3-9-23-17-6-4-5-15(12-17)16(13-20)10-14-7-8-18(21)19(11-14)22-2/h4-8,11-12,16,21H,3,9-10,13,20H2,1-2H3. The number of hydrogen-bond donors (Lipinski definition) is 2. The molecule has 0 aliphatic carbocycles. The highest BCUT2D eigenvalue weighted by atomic mass is 16.5. The van der Waals surface area contributed by atoms with Crippen LogP contribution in [0.25, 0.3) is 0 Å². The zero-order chi connectivity index (χ0) is 16.7. The number of ether oxygens (including phenoxy) is 2. The molecule has 4 heteroatoms. The molecule has 1 unspecified atom stereocenters. The number of benzene rings is 2. The average Bonchev–Trinajstić information content (AvgIpc) is 2.59. The first-order chi connectivity index (χ1) is 11.2. The molecule has 1 atom stereocenters. The van der Waals surface area contributed by atoms with E-state index in [0.29, 0.717) is 18.9 Å². The predicted molar refractivity (Wildman–Crippen MR) is 92.4 cm³/mol. The molecule has 0 bridgehead atoms. The lowest BCUT2D eigenvalue weighted by atomic mass is 9.92. The summed E-state index contributed by atoms with van der Waals surface area (Å²) in [5, 5.41) is 9.70. The van der Waals surface area contributed by atoms with Gasteiger partial charge in [-0.05, 0) is 54.8 Å². The van der Waals surface area contributed by atoms with Gasteiger partial charge in [-0.3, -0.25) is 0 Å². The molecule has 0 heterocycles. The highest BCUT2D eigenvalue weighted by Gasteiger charge is 2.13. The van der Waals surface area contributed by atoms with Crippen molar-refractivity contribution >= 4 is 0 Å². The van der Waals surface area contributed by atoms with Gasteiger partial charge < -0.3 is 20.3 Å². The van der Waals surface area contributed by atoms with Gasteiger partial charge in [0.2, 0.25) is 0 Å². The third kappa shape index (κ3) is 4.63. The Bertz CT molecular complexity index is 628. The second-order valence-electron chi connectivity index (χ2n) is 5.56. The van der Waals surface area contributed by atoms with Gasteiger partial charge in [-0.2, -0.15) is 0 Å². The molecule has 4 nitrogen and oxygen atoms in total. The van der Waals surface area contributed by atoms with E-state index in [4.69, 9.17) is 15.2 Å². The summed E-state index contributed by atoms with van der Waals surface area (Å²) in [6.45, 7) is 3.34. The quantitative estimate of drug-likeness (QED) is 0.783. The van der Waals surface area contributed by atoms with Crippen LogP contribution in [0.5, 0.6) is 17.2 Å². The minimum Gasteiger partial charge on any atom is -0.504 e. The topological polar surface area (TPSA) is 64.7 Å². The molecule has 2 aromatic carbocycles. The first kappa shape index (κ1) is 17.2. The third-order valence-electron chi connectivity index (χ3n) is 3.81. The normalized spacial score (nSPS) is 12.0. The molecule has 0 aliphatic heterocycles. The van der Waals surface area contributed by atoms with Crippen molar-refractivity contribution in [1.29, 1.82) is 0 Å². The minimum atomic E-state index is 0.149. The van der Waals surface area contributed by atoms with Crippen molar-refractivity contribution in [2.24, 2.45) is 5.73 Å². The zero-order valence-electron chi connectivity index (χ0n) is 13.8. The molecule has 124 valence electrons. The van der Waals surface area contributed by atoms with Crippen LogP contribution >= 0.6 is 0 Å². The minimum absolute atomic E-state index is 0.149. The van der Waals surface area contributed by atoms with E-state index in [2.05, 4.69) is 19.1 Å². The van der Waals surface area contributed by atoms with Crippen molar-refractivity contribution < 1.29 is 14.6 Å². The Labute approximate surface area is 137 Å². The van der Waals surface area contributed by atoms with Crippen molar-refractivity contribution in [1.82, 2.24) is 0 Å². The molecular formula is C19H25NO3. The van der Waals surface area contributed by atoms with E-state index in [-0.39, 0.29) is 11.7 Å². The Morgan fingerprint density at radius 3 is 2.70 bits per heavy atom. The molecule has 0 saturated carbocycles. The fraction of sp³-hybridized carbons (Fsp3) is 0.368. The maximum Gasteiger partial charge on any atom is 0.160 e. The first-order valence-corrected chi connectivity index (χ1v) is 7.96. The molecular weight excluding hydrogens is 290 g/mol. The SMILES string of the molecule is CCCOc1cccc(C(CN)Cc2ccc(O)c(OC)c2)c1. The van der Waals surface area contributed by atoms with E-state index in [1.807, 2.05) is 24.3 Å². The highest BCUT2D eigenvalue weighted by molar-refractivity contribution is 5.42. The zero-order valence-corrected chi connectivity index (χ0v) is 13.8. The Hall–Kier alpha value is -2.20. The summed E-state index contributed by atoms with van der Waals surface area (Å²) in [6, 6.07) is 13.5. The predicted octanol–water partition coefficient (Wildman–Crippen LogP) is 3.47. The largest absolute Gasteiger partial charge is 0.504 e. The Balaban J connectivity index is 2.16. The number of aromatic hydroxyl groups is 1. The maximum atomic E-state index is 9.70. The Morgan fingerprint density at radius 2 is 2.00 bits per heavy atom. The number of phenolic OH excluding ortho intramolecular Hbond substituents is 1. The van der Waals surface area contributed by atoms with Crippen LogP contribution in [0.2, 0.25) is 0 Å². The monoisotopic (exact) mass is 315 g/mol. The van der Waals surface area contributed by atoms with Crippen molar-refractivity contribution in [3.8, 4) is 17.2 Å². The fourth-order valence-electron chi connectivity index (χ4n) is 2.55. The van der Waals surface area contributed by atoms with E-state index in [9.17, 15) is 5.11 Å². The van der Waals surface area contributed by atoms with Crippen molar-refractivity contribution in [3.63, 3.8) is 0 Å². The number of phenols is 1. The van der Waals surface area contributed by atoms with Gasteiger partial charge in [0.1, 0.15) is 5.75 Å². The van der Waals surface area contributed by atoms with Crippen LogP contribution in [0.4, 0.5) is 0 Å². The summed E-state index contributed by atoms with van der Waals surface area (Å²) < 4.78 is 10.9. The highest BCUT2D eigenvalue weighted by Crippen LogP contribution is 2.29. The Kier molecular flexibility index (Phi) is 6.29. The Morgan fingerprint density at radius 1 is 1.17 bits per heavy atom. The fourth-order valence-corrected chi connectivity index (χ4v) is 2.55. The second-order valence-corrected chi connectivity index (χ2v) is 5.56. The van der Waals surface area contributed by atoms with Gasteiger partial charge in [-0.1, -0.05) is 25.1 Å².